The third kappa shape index (κ3) is 5.00. The van der Waals surface area contributed by atoms with Crippen molar-refractivity contribution in [1.29, 1.82) is 0 Å². The molecule has 0 aliphatic rings. The number of thiophene rings is 1. The van der Waals surface area contributed by atoms with Crippen LogP contribution in [0.5, 0.6) is 0 Å². The van der Waals surface area contributed by atoms with Crippen LogP contribution >= 0.6 is 23.6 Å². The fourth-order valence-electron chi connectivity index (χ4n) is 2.56. The van der Waals surface area contributed by atoms with Gasteiger partial charge < -0.3 is 10.1 Å². The first-order valence-electron chi connectivity index (χ1n) is 8.46. The van der Waals surface area contributed by atoms with E-state index in [-0.39, 0.29) is 5.91 Å². The maximum Gasteiger partial charge on any atom is 0.270 e. The number of nitrogens with one attached hydrogen (secondary N) is 3. The zero-order valence-electron chi connectivity index (χ0n) is 14.8. The molecule has 2 heterocycles. The molecule has 0 fully saturated rings. The number of aromatic nitrogens is 1. The highest BCUT2D eigenvalue weighted by atomic mass is 32.1. The van der Waals surface area contributed by atoms with Crippen LogP contribution in [0.15, 0.2) is 47.8 Å². The zero-order valence-corrected chi connectivity index (χ0v) is 16.5. The Morgan fingerprint density at radius 1 is 1.22 bits per heavy atom. The van der Waals surface area contributed by atoms with Crippen LogP contribution in [0.4, 0.5) is 0 Å². The van der Waals surface area contributed by atoms with Gasteiger partial charge in [0.1, 0.15) is 0 Å². The summed E-state index contributed by atoms with van der Waals surface area (Å²) in [5.41, 5.74) is 7.48. The number of hydrogen-bond donors (Lipinski definition) is 3. The highest BCUT2D eigenvalue weighted by Gasteiger charge is 2.14. The van der Waals surface area contributed by atoms with Gasteiger partial charge in [0.15, 0.2) is 5.11 Å². The van der Waals surface area contributed by atoms with Crippen molar-refractivity contribution in [2.75, 3.05) is 20.3 Å². The maximum atomic E-state index is 12.8. The van der Waals surface area contributed by atoms with E-state index >= 15 is 0 Å². The fraction of sp³-hybridized carbons (Fsp3) is 0.211. The second-order valence-electron chi connectivity index (χ2n) is 5.73. The van der Waals surface area contributed by atoms with Gasteiger partial charge in [-0.1, -0.05) is 24.3 Å². The number of carbonyl (C=O) groups excluding carboxylic acids is 1. The molecule has 8 heteroatoms. The number of rotatable bonds is 6. The molecule has 0 saturated carbocycles. The van der Waals surface area contributed by atoms with Gasteiger partial charge in [-0.25, -0.2) is 4.98 Å². The number of para-hydroxylation sites is 1. The lowest BCUT2D eigenvalue weighted by atomic mass is 10.1. The summed E-state index contributed by atoms with van der Waals surface area (Å²) in [6.07, 6.45) is 0.825. The Labute approximate surface area is 166 Å². The van der Waals surface area contributed by atoms with E-state index in [0.29, 0.717) is 23.8 Å². The minimum Gasteiger partial charge on any atom is -0.385 e. The predicted octanol–water partition coefficient (Wildman–Crippen LogP) is 3.11. The zero-order chi connectivity index (χ0) is 19.1. The minimum absolute atomic E-state index is 0.271. The van der Waals surface area contributed by atoms with Gasteiger partial charge in [-0.15, -0.1) is 11.3 Å². The number of carbonyl (C=O) groups is 1. The molecule has 0 radical (unpaired) electrons. The summed E-state index contributed by atoms with van der Waals surface area (Å²) in [7, 11) is 1.65. The smallest absolute Gasteiger partial charge is 0.270 e. The fourth-order valence-corrected chi connectivity index (χ4v) is 3.40. The van der Waals surface area contributed by atoms with Crippen molar-refractivity contribution in [2.45, 2.75) is 6.42 Å². The maximum absolute atomic E-state index is 12.8. The summed E-state index contributed by atoms with van der Waals surface area (Å²) in [5, 5.41) is 6.14. The van der Waals surface area contributed by atoms with Crippen LogP contribution in [0, 0.1) is 0 Å². The Hall–Kier alpha value is -2.55. The number of pyridine rings is 1. The van der Waals surface area contributed by atoms with Crippen LogP contribution in [0.25, 0.3) is 21.5 Å². The van der Waals surface area contributed by atoms with E-state index in [0.717, 1.165) is 27.9 Å². The molecule has 0 aliphatic heterocycles. The van der Waals surface area contributed by atoms with Gasteiger partial charge in [0, 0.05) is 25.6 Å². The Kier molecular flexibility index (Phi) is 6.69. The summed E-state index contributed by atoms with van der Waals surface area (Å²) in [6, 6.07) is 13.3. The first-order chi connectivity index (χ1) is 13.2. The summed E-state index contributed by atoms with van der Waals surface area (Å²) >= 11 is 6.76. The summed E-state index contributed by atoms with van der Waals surface area (Å²) in [6.45, 7) is 1.31. The lowest BCUT2D eigenvalue weighted by Crippen LogP contribution is -2.47. The van der Waals surface area contributed by atoms with Gasteiger partial charge in [-0.2, -0.15) is 0 Å². The number of benzene rings is 1. The van der Waals surface area contributed by atoms with Crippen molar-refractivity contribution in [3.05, 3.63) is 53.4 Å². The van der Waals surface area contributed by atoms with Crippen LogP contribution in [-0.2, 0) is 4.74 Å². The highest BCUT2D eigenvalue weighted by molar-refractivity contribution is 7.80. The first kappa shape index (κ1) is 19.2. The number of hydrogen-bond acceptors (Lipinski definition) is 5. The average molecular weight is 401 g/mol. The van der Waals surface area contributed by atoms with Crippen molar-refractivity contribution in [1.82, 2.24) is 21.2 Å². The number of thiocarbonyl (C=S) groups is 1. The molecule has 140 valence electrons. The largest absolute Gasteiger partial charge is 0.385 e. The number of methoxy groups -OCH3 is 1. The molecule has 3 N–H and O–H groups in total. The van der Waals surface area contributed by atoms with Crippen molar-refractivity contribution < 1.29 is 9.53 Å². The highest BCUT2D eigenvalue weighted by Crippen LogP contribution is 2.27. The Balaban J connectivity index is 1.75. The van der Waals surface area contributed by atoms with Gasteiger partial charge >= 0.3 is 0 Å². The molecule has 0 unspecified atom stereocenters. The normalized spacial score (nSPS) is 10.6. The lowest BCUT2D eigenvalue weighted by molar-refractivity contribution is 0.0945. The Bertz CT molecular complexity index is 929. The first-order valence-corrected chi connectivity index (χ1v) is 9.74. The quantitative estimate of drug-likeness (QED) is 0.335. The second-order valence-corrected chi connectivity index (χ2v) is 7.09. The van der Waals surface area contributed by atoms with Gasteiger partial charge in [-0.05, 0) is 42.2 Å². The molecular formula is C19H20N4O2S2. The molecule has 0 saturated heterocycles. The molecule has 3 rings (SSSR count). The van der Waals surface area contributed by atoms with Gasteiger partial charge in [0.25, 0.3) is 5.91 Å². The average Bonchev–Trinajstić information content (AvgIpc) is 3.23. The predicted molar refractivity (Wildman–Crippen MR) is 113 cm³/mol. The van der Waals surface area contributed by atoms with E-state index in [2.05, 4.69) is 21.2 Å². The minimum atomic E-state index is -0.271. The Morgan fingerprint density at radius 3 is 2.85 bits per heavy atom. The lowest BCUT2D eigenvalue weighted by Gasteiger charge is -2.13. The molecule has 3 aromatic rings. The summed E-state index contributed by atoms with van der Waals surface area (Å²) in [5.74, 6) is -0.271. The topological polar surface area (TPSA) is 75.3 Å². The van der Waals surface area contributed by atoms with E-state index in [1.807, 2.05) is 41.8 Å². The molecule has 1 aromatic carbocycles. The van der Waals surface area contributed by atoms with Crippen LogP contribution in [-0.4, -0.2) is 36.3 Å². The van der Waals surface area contributed by atoms with Crippen molar-refractivity contribution >= 4 is 45.5 Å². The number of fused-ring (bicyclic) bond motifs is 1. The standard InChI is InChI=1S/C19H20N4O2S2/c1-25-10-5-9-20-19(26)23-22-18(24)14-12-16(17-8-4-11-27-17)21-15-7-3-2-6-13(14)15/h2-4,6-8,11-12H,5,9-10H2,1H3,(H,22,24)(H2,20,23,26). The Morgan fingerprint density at radius 2 is 2.07 bits per heavy atom. The van der Waals surface area contributed by atoms with Gasteiger partial charge in [0.05, 0.1) is 21.7 Å². The van der Waals surface area contributed by atoms with Gasteiger partial charge in [-0.3, -0.25) is 15.6 Å². The molecule has 0 aliphatic carbocycles. The molecule has 0 spiro atoms. The van der Waals surface area contributed by atoms with Crippen LogP contribution in [0.3, 0.4) is 0 Å². The number of hydrazine groups is 1. The molecule has 1 amide bonds. The third-order valence-corrected chi connectivity index (χ3v) is 4.97. The van der Waals surface area contributed by atoms with E-state index < -0.39 is 0 Å². The van der Waals surface area contributed by atoms with Gasteiger partial charge in [0.2, 0.25) is 0 Å². The molecular weight excluding hydrogens is 380 g/mol. The van der Waals surface area contributed by atoms with Crippen LogP contribution in [0.2, 0.25) is 0 Å². The molecule has 6 nitrogen and oxygen atoms in total. The van der Waals surface area contributed by atoms with E-state index in [1.165, 1.54) is 0 Å². The van der Waals surface area contributed by atoms with E-state index in [4.69, 9.17) is 17.0 Å². The molecule has 27 heavy (non-hydrogen) atoms. The number of nitrogens with zero attached hydrogens (tertiary/aromatic N) is 1. The van der Waals surface area contributed by atoms with Crippen molar-refractivity contribution in [3.8, 4) is 10.6 Å². The van der Waals surface area contributed by atoms with Crippen molar-refractivity contribution in [2.24, 2.45) is 0 Å². The molecule has 2 aromatic heterocycles. The molecule has 0 atom stereocenters. The monoisotopic (exact) mass is 400 g/mol. The van der Waals surface area contributed by atoms with E-state index in [1.54, 1.807) is 24.5 Å². The molecule has 0 bridgehead atoms. The second kappa shape index (κ2) is 9.40. The summed E-state index contributed by atoms with van der Waals surface area (Å²) < 4.78 is 4.98. The van der Waals surface area contributed by atoms with Crippen LogP contribution in [0.1, 0.15) is 16.8 Å². The van der Waals surface area contributed by atoms with Crippen LogP contribution < -0.4 is 16.2 Å². The number of amides is 1. The summed E-state index contributed by atoms with van der Waals surface area (Å²) in [4.78, 5) is 18.4. The SMILES string of the molecule is COCCCNC(=S)NNC(=O)c1cc(-c2cccs2)nc2ccccc12. The van der Waals surface area contributed by atoms with Crippen molar-refractivity contribution in [3.63, 3.8) is 0 Å². The van der Waals surface area contributed by atoms with E-state index in [9.17, 15) is 4.79 Å². The third-order valence-electron chi connectivity index (χ3n) is 3.83. The number of ether oxygens (including phenoxy) is 1.